The van der Waals surface area contributed by atoms with E-state index in [9.17, 15) is 9.59 Å². The van der Waals surface area contributed by atoms with Crippen molar-refractivity contribution in [3.63, 3.8) is 0 Å². The summed E-state index contributed by atoms with van der Waals surface area (Å²) in [6.45, 7) is 0. The molecule has 0 unspecified atom stereocenters. The summed E-state index contributed by atoms with van der Waals surface area (Å²) in [5.74, 6) is -0.685. The first-order valence-electron chi connectivity index (χ1n) is 6.12. The van der Waals surface area contributed by atoms with E-state index in [4.69, 9.17) is 9.15 Å². The molecule has 0 radical (unpaired) electrons. The van der Waals surface area contributed by atoms with Crippen molar-refractivity contribution in [1.29, 1.82) is 0 Å². The van der Waals surface area contributed by atoms with E-state index in [1.165, 1.54) is 6.26 Å². The quantitative estimate of drug-likeness (QED) is 0.499. The molecule has 96 valence electrons. The molecule has 0 bridgehead atoms. The second kappa shape index (κ2) is 3.81. The Morgan fingerprint density at radius 1 is 0.850 bits per heavy atom. The van der Waals surface area contributed by atoms with Gasteiger partial charge < -0.3 is 9.15 Å². The summed E-state index contributed by atoms with van der Waals surface area (Å²) in [4.78, 5) is 23.9. The van der Waals surface area contributed by atoms with Crippen LogP contribution in [0.15, 0.2) is 53.1 Å². The number of esters is 2. The minimum absolute atomic E-state index is 0.281. The third kappa shape index (κ3) is 1.36. The minimum Gasteiger partial charge on any atom is -0.464 e. The number of hydrogen-bond donors (Lipinski definition) is 0. The van der Waals surface area contributed by atoms with Crippen molar-refractivity contribution in [2.75, 3.05) is 0 Å². The summed E-state index contributed by atoms with van der Waals surface area (Å²) in [5.41, 5.74) is 1.18. The molecular formula is C16H8O4. The summed E-state index contributed by atoms with van der Waals surface area (Å²) in [6, 6.07) is 12.7. The van der Waals surface area contributed by atoms with Gasteiger partial charge in [-0.1, -0.05) is 24.3 Å². The number of cyclic esters (lactones) is 2. The molecule has 0 spiro atoms. The van der Waals surface area contributed by atoms with E-state index in [1.54, 1.807) is 18.2 Å². The van der Waals surface area contributed by atoms with Gasteiger partial charge in [0.15, 0.2) is 0 Å². The fraction of sp³-hybridized carbons (Fsp3) is 0. The van der Waals surface area contributed by atoms with Crippen LogP contribution in [0.2, 0.25) is 0 Å². The van der Waals surface area contributed by atoms with Crippen molar-refractivity contribution in [3.05, 3.63) is 59.9 Å². The van der Waals surface area contributed by atoms with Gasteiger partial charge in [-0.15, -0.1) is 0 Å². The zero-order valence-electron chi connectivity index (χ0n) is 10.3. The SMILES string of the molecule is O=C1OC(=O)c2c1c(-c1ccco1)cc1ccccc21. The second-order valence-corrected chi connectivity index (χ2v) is 4.55. The molecule has 1 aliphatic rings. The molecule has 4 nitrogen and oxygen atoms in total. The van der Waals surface area contributed by atoms with Crippen molar-refractivity contribution >= 4 is 22.7 Å². The standard InChI is InChI=1S/C16H8O4/c17-15-13-10-5-2-1-4-9(10)8-11(12-6-3-7-19-12)14(13)16(18)20-15/h1-8H. The molecule has 1 aromatic heterocycles. The van der Waals surface area contributed by atoms with E-state index in [0.29, 0.717) is 22.3 Å². The van der Waals surface area contributed by atoms with Gasteiger partial charge in [-0.3, -0.25) is 0 Å². The molecule has 0 fully saturated rings. The van der Waals surface area contributed by atoms with Crippen LogP contribution >= 0.6 is 0 Å². The molecule has 4 rings (SSSR count). The number of carbonyl (C=O) groups is 2. The van der Waals surface area contributed by atoms with Gasteiger partial charge >= 0.3 is 11.9 Å². The molecule has 3 aromatic rings. The van der Waals surface area contributed by atoms with Gasteiger partial charge in [-0.2, -0.15) is 0 Å². The summed E-state index contributed by atoms with van der Waals surface area (Å²) in [5, 5.41) is 1.58. The lowest BCUT2D eigenvalue weighted by Crippen LogP contribution is -1.98. The number of carbonyl (C=O) groups excluding carboxylic acids is 2. The molecule has 0 saturated carbocycles. The second-order valence-electron chi connectivity index (χ2n) is 4.55. The number of ether oxygens (including phenoxy) is 1. The van der Waals surface area contributed by atoms with Gasteiger partial charge in [-0.05, 0) is 29.0 Å². The third-order valence-corrected chi connectivity index (χ3v) is 3.43. The van der Waals surface area contributed by atoms with Gasteiger partial charge in [0.1, 0.15) is 5.76 Å². The molecule has 0 N–H and O–H groups in total. The summed E-state index contributed by atoms with van der Waals surface area (Å²) in [7, 11) is 0. The van der Waals surface area contributed by atoms with Crippen LogP contribution in [0.5, 0.6) is 0 Å². The van der Waals surface area contributed by atoms with E-state index in [2.05, 4.69) is 0 Å². The van der Waals surface area contributed by atoms with Crippen LogP contribution < -0.4 is 0 Å². The predicted octanol–water partition coefficient (Wildman–Crippen LogP) is 3.41. The molecule has 0 saturated heterocycles. The highest BCUT2D eigenvalue weighted by atomic mass is 16.6. The molecule has 1 aliphatic heterocycles. The van der Waals surface area contributed by atoms with Crippen LogP contribution in [0.1, 0.15) is 20.7 Å². The van der Waals surface area contributed by atoms with Gasteiger partial charge in [0, 0.05) is 5.56 Å². The Hall–Kier alpha value is -2.88. The Morgan fingerprint density at radius 2 is 1.65 bits per heavy atom. The Kier molecular flexibility index (Phi) is 2.09. The van der Waals surface area contributed by atoms with E-state index < -0.39 is 11.9 Å². The largest absolute Gasteiger partial charge is 0.464 e. The highest BCUT2D eigenvalue weighted by Gasteiger charge is 2.35. The maximum atomic E-state index is 12.0. The fourth-order valence-corrected chi connectivity index (χ4v) is 2.58. The van der Waals surface area contributed by atoms with Gasteiger partial charge in [-0.25, -0.2) is 9.59 Å². The maximum Gasteiger partial charge on any atom is 0.347 e. The molecular weight excluding hydrogens is 256 g/mol. The topological polar surface area (TPSA) is 56.5 Å². The van der Waals surface area contributed by atoms with Crippen LogP contribution in [0.3, 0.4) is 0 Å². The lowest BCUT2D eigenvalue weighted by atomic mass is 9.94. The van der Waals surface area contributed by atoms with Crippen LogP contribution in [0, 0.1) is 0 Å². The molecule has 0 amide bonds. The van der Waals surface area contributed by atoms with E-state index in [0.717, 1.165) is 5.39 Å². The van der Waals surface area contributed by atoms with Crippen LogP contribution in [-0.2, 0) is 4.74 Å². The Morgan fingerprint density at radius 3 is 2.45 bits per heavy atom. The highest BCUT2D eigenvalue weighted by Crippen LogP contribution is 2.37. The zero-order valence-corrected chi connectivity index (χ0v) is 10.3. The third-order valence-electron chi connectivity index (χ3n) is 3.43. The highest BCUT2D eigenvalue weighted by molar-refractivity contribution is 6.24. The van der Waals surface area contributed by atoms with Crippen molar-refractivity contribution < 1.29 is 18.7 Å². The predicted molar refractivity (Wildman–Crippen MR) is 71.4 cm³/mol. The fourth-order valence-electron chi connectivity index (χ4n) is 2.58. The molecule has 2 aromatic carbocycles. The Balaban J connectivity index is 2.19. The van der Waals surface area contributed by atoms with E-state index >= 15 is 0 Å². The van der Waals surface area contributed by atoms with Crippen LogP contribution in [-0.4, -0.2) is 11.9 Å². The van der Waals surface area contributed by atoms with Crippen molar-refractivity contribution in [1.82, 2.24) is 0 Å². The van der Waals surface area contributed by atoms with Gasteiger partial charge in [0.2, 0.25) is 0 Å². The minimum atomic E-state index is -0.623. The van der Waals surface area contributed by atoms with Gasteiger partial charge in [0.25, 0.3) is 0 Å². The van der Waals surface area contributed by atoms with Crippen LogP contribution in [0.4, 0.5) is 0 Å². The van der Waals surface area contributed by atoms with Gasteiger partial charge in [0.05, 0.1) is 17.4 Å². The van der Waals surface area contributed by atoms with Crippen molar-refractivity contribution in [2.45, 2.75) is 0 Å². The molecule has 4 heteroatoms. The van der Waals surface area contributed by atoms with Crippen LogP contribution in [0.25, 0.3) is 22.1 Å². The summed E-state index contributed by atoms with van der Waals surface area (Å²) < 4.78 is 10.1. The number of rotatable bonds is 1. The normalized spacial score (nSPS) is 13.6. The number of fused-ring (bicyclic) bond motifs is 3. The first kappa shape index (κ1) is 11.0. The van der Waals surface area contributed by atoms with E-state index in [-0.39, 0.29) is 5.56 Å². The molecule has 20 heavy (non-hydrogen) atoms. The average molecular weight is 264 g/mol. The Labute approximate surface area is 113 Å². The monoisotopic (exact) mass is 264 g/mol. The first-order valence-corrected chi connectivity index (χ1v) is 6.12. The summed E-state index contributed by atoms with van der Waals surface area (Å²) >= 11 is 0. The summed E-state index contributed by atoms with van der Waals surface area (Å²) in [6.07, 6.45) is 1.53. The lowest BCUT2D eigenvalue weighted by molar-refractivity contribution is 0.0445. The number of furan rings is 1. The molecule has 0 aliphatic carbocycles. The number of hydrogen-bond acceptors (Lipinski definition) is 4. The van der Waals surface area contributed by atoms with Crippen molar-refractivity contribution in [2.24, 2.45) is 0 Å². The zero-order chi connectivity index (χ0) is 13.7. The molecule has 2 heterocycles. The van der Waals surface area contributed by atoms with E-state index in [1.807, 2.05) is 24.3 Å². The maximum absolute atomic E-state index is 12.0. The van der Waals surface area contributed by atoms with Crippen molar-refractivity contribution in [3.8, 4) is 11.3 Å². The first-order chi connectivity index (χ1) is 9.75. The number of benzene rings is 2. The average Bonchev–Trinajstić information content (AvgIpc) is 3.07. The Bertz CT molecular complexity index is 860. The molecule has 0 atom stereocenters. The smallest absolute Gasteiger partial charge is 0.347 e. The lowest BCUT2D eigenvalue weighted by Gasteiger charge is -2.06.